The number of benzene rings is 1. The molecular formula is C13H18N2O2S. The van der Waals surface area contributed by atoms with Gasteiger partial charge in [0.1, 0.15) is 4.90 Å². The molecule has 0 amide bonds. The number of terminal acetylenes is 1. The Hall–Kier alpha value is -1.51. The molecule has 0 heterocycles. The molecule has 18 heavy (non-hydrogen) atoms. The minimum atomic E-state index is -3.63. The van der Waals surface area contributed by atoms with E-state index in [1.807, 2.05) is 6.92 Å². The lowest BCUT2D eigenvalue weighted by Gasteiger charge is -2.21. The molecule has 0 aliphatic rings. The molecule has 4 nitrogen and oxygen atoms in total. The second-order valence-corrected chi connectivity index (χ2v) is 5.94. The van der Waals surface area contributed by atoms with Crippen molar-refractivity contribution in [2.75, 3.05) is 18.8 Å². The Morgan fingerprint density at radius 3 is 2.50 bits per heavy atom. The van der Waals surface area contributed by atoms with Crippen LogP contribution in [-0.4, -0.2) is 25.8 Å². The average Bonchev–Trinajstić information content (AvgIpc) is 2.30. The van der Waals surface area contributed by atoms with E-state index in [-0.39, 0.29) is 17.1 Å². The molecule has 0 fully saturated rings. The first-order valence-corrected chi connectivity index (χ1v) is 7.09. The molecule has 1 aromatic carbocycles. The maximum absolute atomic E-state index is 12.5. The van der Waals surface area contributed by atoms with Crippen LogP contribution in [0.5, 0.6) is 0 Å². The molecule has 0 aliphatic heterocycles. The van der Waals surface area contributed by atoms with E-state index in [4.69, 9.17) is 12.2 Å². The molecule has 0 bridgehead atoms. The Kier molecular flexibility index (Phi) is 4.38. The molecule has 0 atom stereocenters. The predicted octanol–water partition coefficient (Wildman–Crippen LogP) is 1.53. The van der Waals surface area contributed by atoms with Crippen LogP contribution in [-0.2, 0) is 10.0 Å². The van der Waals surface area contributed by atoms with Gasteiger partial charge in [-0.2, -0.15) is 4.31 Å². The number of nitrogens with two attached hydrogens (primary N) is 1. The van der Waals surface area contributed by atoms with Crippen LogP contribution in [0.1, 0.15) is 18.1 Å². The topological polar surface area (TPSA) is 63.4 Å². The number of hydrogen-bond acceptors (Lipinski definition) is 3. The lowest BCUT2D eigenvalue weighted by atomic mass is 10.1. The van der Waals surface area contributed by atoms with Crippen LogP contribution in [0.25, 0.3) is 0 Å². The van der Waals surface area contributed by atoms with Gasteiger partial charge in [0.15, 0.2) is 0 Å². The summed E-state index contributed by atoms with van der Waals surface area (Å²) in [6.45, 7) is 5.72. The van der Waals surface area contributed by atoms with E-state index in [0.29, 0.717) is 12.1 Å². The quantitative estimate of drug-likeness (QED) is 0.664. The van der Waals surface area contributed by atoms with E-state index in [0.717, 1.165) is 5.56 Å². The summed E-state index contributed by atoms with van der Waals surface area (Å²) in [6.07, 6.45) is 5.20. The van der Waals surface area contributed by atoms with Gasteiger partial charge in [-0.1, -0.05) is 18.9 Å². The molecule has 0 aromatic heterocycles. The zero-order valence-electron chi connectivity index (χ0n) is 10.9. The summed E-state index contributed by atoms with van der Waals surface area (Å²) in [5, 5.41) is 0. The molecule has 0 radical (unpaired) electrons. The highest BCUT2D eigenvalue weighted by molar-refractivity contribution is 7.89. The van der Waals surface area contributed by atoms with Gasteiger partial charge in [0.2, 0.25) is 10.0 Å². The molecule has 1 rings (SSSR count). The van der Waals surface area contributed by atoms with Gasteiger partial charge in [0, 0.05) is 6.54 Å². The second-order valence-electron chi connectivity index (χ2n) is 4.06. The van der Waals surface area contributed by atoms with Crippen molar-refractivity contribution in [2.45, 2.75) is 25.7 Å². The summed E-state index contributed by atoms with van der Waals surface area (Å²) in [4.78, 5) is 0.166. The highest BCUT2D eigenvalue weighted by atomic mass is 32.2. The molecule has 1 aromatic rings. The summed E-state index contributed by atoms with van der Waals surface area (Å²) >= 11 is 0. The van der Waals surface area contributed by atoms with Gasteiger partial charge in [-0.3, -0.25) is 0 Å². The van der Waals surface area contributed by atoms with Gasteiger partial charge < -0.3 is 5.73 Å². The van der Waals surface area contributed by atoms with Crippen LogP contribution in [0, 0.1) is 26.2 Å². The Morgan fingerprint density at radius 1 is 1.39 bits per heavy atom. The molecule has 0 saturated heterocycles. The largest absolute Gasteiger partial charge is 0.398 e. The zero-order valence-corrected chi connectivity index (χ0v) is 11.7. The van der Waals surface area contributed by atoms with Gasteiger partial charge in [-0.15, -0.1) is 6.42 Å². The predicted molar refractivity (Wildman–Crippen MR) is 73.6 cm³/mol. The fourth-order valence-corrected chi connectivity index (χ4v) is 3.51. The van der Waals surface area contributed by atoms with E-state index in [1.165, 1.54) is 4.31 Å². The van der Waals surface area contributed by atoms with E-state index < -0.39 is 10.0 Å². The van der Waals surface area contributed by atoms with Gasteiger partial charge in [0.25, 0.3) is 0 Å². The molecule has 0 aliphatic carbocycles. The number of aryl methyl sites for hydroxylation is 1. The molecule has 0 spiro atoms. The third-order valence-electron chi connectivity index (χ3n) is 2.93. The Bertz CT molecular complexity index is 586. The van der Waals surface area contributed by atoms with Crippen LogP contribution < -0.4 is 5.73 Å². The first kappa shape index (κ1) is 14.6. The van der Waals surface area contributed by atoms with Crippen LogP contribution in [0.15, 0.2) is 17.0 Å². The monoisotopic (exact) mass is 266 g/mol. The summed E-state index contributed by atoms with van der Waals surface area (Å²) in [6, 6.07) is 3.42. The van der Waals surface area contributed by atoms with Crippen LogP contribution >= 0.6 is 0 Å². The first-order valence-electron chi connectivity index (χ1n) is 5.65. The van der Waals surface area contributed by atoms with Crippen molar-refractivity contribution in [2.24, 2.45) is 0 Å². The summed E-state index contributed by atoms with van der Waals surface area (Å²) in [5.74, 6) is 2.35. The van der Waals surface area contributed by atoms with Crippen molar-refractivity contribution in [3.63, 3.8) is 0 Å². The van der Waals surface area contributed by atoms with E-state index in [1.54, 1.807) is 26.0 Å². The fourth-order valence-electron chi connectivity index (χ4n) is 1.75. The van der Waals surface area contributed by atoms with Crippen LogP contribution in [0.2, 0.25) is 0 Å². The molecule has 98 valence electrons. The Morgan fingerprint density at radius 2 is 2.00 bits per heavy atom. The molecule has 0 saturated carbocycles. The third kappa shape index (κ3) is 2.50. The third-order valence-corrected chi connectivity index (χ3v) is 5.05. The molecule has 0 unspecified atom stereocenters. The normalized spacial score (nSPS) is 11.5. The smallest absolute Gasteiger partial charge is 0.246 e. The molecule has 5 heteroatoms. The second kappa shape index (κ2) is 5.42. The fraction of sp³-hybridized carbons (Fsp3) is 0.385. The average molecular weight is 266 g/mol. The van der Waals surface area contributed by atoms with Crippen molar-refractivity contribution in [1.29, 1.82) is 0 Å². The highest BCUT2D eigenvalue weighted by Gasteiger charge is 2.27. The number of sulfonamides is 1. The minimum absolute atomic E-state index is 0.0473. The van der Waals surface area contributed by atoms with Crippen LogP contribution in [0.4, 0.5) is 5.69 Å². The molecule has 2 N–H and O–H groups in total. The number of hydrogen-bond donors (Lipinski definition) is 1. The van der Waals surface area contributed by atoms with Gasteiger partial charge in [-0.25, -0.2) is 8.42 Å². The van der Waals surface area contributed by atoms with Gasteiger partial charge >= 0.3 is 0 Å². The van der Waals surface area contributed by atoms with Crippen molar-refractivity contribution in [1.82, 2.24) is 4.31 Å². The van der Waals surface area contributed by atoms with E-state index in [9.17, 15) is 8.42 Å². The number of nitrogens with zero attached hydrogens (tertiary/aromatic N) is 1. The van der Waals surface area contributed by atoms with Crippen LogP contribution in [0.3, 0.4) is 0 Å². The minimum Gasteiger partial charge on any atom is -0.398 e. The summed E-state index contributed by atoms with van der Waals surface area (Å²) in [7, 11) is -3.63. The lowest BCUT2D eigenvalue weighted by molar-refractivity contribution is 0.464. The zero-order chi connectivity index (χ0) is 13.9. The van der Waals surface area contributed by atoms with Crippen molar-refractivity contribution >= 4 is 15.7 Å². The number of rotatable bonds is 4. The standard InChI is InChI=1S/C13H18N2O2S/c1-5-9-15(6-2)18(16,17)13-11(4)10(3)7-8-12(13)14/h1,7-8H,6,9,14H2,2-4H3. The molecular weight excluding hydrogens is 248 g/mol. The lowest BCUT2D eigenvalue weighted by Crippen LogP contribution is -2.32. The van der Waals surface area contributed by atoms with Gasteiger partial charge in [0.05, 0.1) is 12.2 Å². The van der Waals surface area contributed by atoms with E-state index in [2.05, 4.69) is 5.92 Å². The summed E-state index contributed by atoms with van der Waals surface area (Å²) < 4.78 is 26.2. The maximum atomic E-state index is 12.5. The maximum Gasteiger partial charge on any atom is 0.246 e. The Labute approximate surface area is 109 Å². The van der Waals surface area contributed by atoms with Crippen molar-refractivity contribution < 1.29 is 8.42 Å². The first-order chi connectivity index (χ1) is 8.36. The van der Waals surface area contributed by atoms with E-state index >= 15 is 0 Å². The SMILES string of the molecule is C#CCN(CC)S(=O)(=O)c1c(N)ccc(C)c1C. The number of nitrogen functional groups attached to an aromatic ring is 1. The van der Waals surface area contributed by atoms with Gasteiger partial charge in [-0.05, 0) is 31.0 Å². The van der Waals surface area contributed by atoms with Crippen molar-refractivity contribution in [3.8, 4) is 12.3 Å². The highest BCUT2D eigenvalue weighted by Crippen LogP contribution is 2.27. The van der Waals surface area contributed by atoms with Crippen molar-refractivity contribution in [3.05, 3.63) is 23.3 Å². The Balaban J connectivity index is 3.46. The summed E-state index contributed by atoms with van der Waals surface area (Å²) in [5.41, 5.74) is 7.63. The number of anilines is 1.